The highest BCUT2D eigenvalue weighted by atomic mass is 16.1. The van der Waals surface area contributed by atoms with Crippen LogP contribution in [0.15, 0.2) is 61.3 Å². The molecule has 1 amide bonds. The van der Waals surface area contributed by atoms with E-state index < -0.39 is 0 Å². The Kier molecular flexibility index (Phi) is 4.20. The van der Waals surface area contributed by atoms with E-state index in [1.165, 1.54) is 0 Å². The standard InChI is InChI=1S/C16H15N5O/c22-15(20-13-4-2-1-3-5-13)6-10-21-11-9-19-16(21)14-12-17-7-8-18-14/h1-5,7-9,11-12H,6,10H2,(H,20,22). The smallest absolute Gasteiger partial charge is 0.226 e. The van der Waals surface area contributed by atoms with Gasteiger partial charge in [-0.05, 0) is 12.1 Å². The Balaban J connectivity index is 1.63. The number of nitrogens with one attached hydrogen (secondary N) is 1. The maximum Gasteiger partial charge on any atom is 0.226 e. The van der Waals surface area contributed by atoms with Crippen molar-refractivity contribution in [2.75, 3.05) is 5.32 Å². The third-order valence-corrected chi connectivity index (χ3v) is 3.15. The number of anilines is 1. The first-order valence-electron chi connectivity index (χ1n) is 6.95. The number of para-hydroxylation sites is 1. The van der Waals surface area contributed by atoms with Crippen LogP contribution in [-0.4, -0.2) is 25.4 Å². The summed E-state index contributed by atoms with van der Waals surface area (Å²) in [4.78, 5) is 24.5. The second-order valence-electron chi connectivity index (χ2n) is 4.70. The molecule has 0 aliphatic heterocycles. The number of aromatic nitrogens is 4. The van der Waals surface area contributed by atoms with Crippen molar-refractivity contribution in [3.63, 3.8) is 0 Å². The van der Waals surface area contributed by atoms with Gasteiger partial charge in [-0.2, -0.15) is 0 Å². The number of rotatable bonds is 5. The van der Waals surface area contributed by atoms with Gasteiger partial charge in [-0.15, -0.1) is 0 Å². The van der Waals surface area contributed by atoms with Gasteiger partial charge in [0, 0.05) is 43.4 Å². The van der Waals surface area contributed by atoms with Crippen molar-refractivity contribution < 1.29 is 4.79 Å². The van der Waals surface area contributed by atoms with E-state index in [2.05, 4.69) is 20.3 Å². The van der Waals surface area contributed by atoms with E-state index in [4.69, 9.17) is 0 Å². The van der Waals surface area contributed by atoms with E-state index in [1.54, 1.807) is 24.8 Å². The van der Waals surface area contributed by atoms with Gasteiger partial charge in [0.25, 0.3) is 0 Å². The molecule has 3 aromatic rings. The number of carbonyl (C=O) groups is 1. The van der Waals surface area contributed by atoms with Gasteiger partial charge in [-0.25, -0.2) is 9.97 Å². The van der Waals surface area contributed by atoms with E-state index in [-0.39, 0.29) is 5.91 Å². The molecule has 3 rings (SSSR count). The number of carbonyl (C=O) groups excluding carboxylic acids is 1. The van der Waals surface area contributed by atoms with Crippen molar-refractivity contribution >= 4 is 11.6 Å². The zero-order valence-electron chi connectivity index (χ0n) is 11.9. The fraction of sp³-hybridized carbons (Fsp3) is 0.125. The molecule has 0 saturated carbocycles. The van der Waals surface area contributed by atoms with Gasteiger partial charge in [-0.1, -0.05) is 18.2 Å². The third-order valence-electron chi connectivity index (χ3n) is 3.15. The fourth-order valence-electron chi connectivity index (χ4n) is 2.10. The quantitative estimate of drug-likeness (QED) is 0.784. The molecule has 1 aromatic carbocycles. The van der Waals surface area contributed by atoms with E-state index in [0.717, 1.165) is 5.69 Å². The number of imidazole rings is 1. The summed E-state index contributed by atoms with van der Waals surface area (Å²) in [5, 5.41) is 2.86. The summed E-state index contributed by atoms with van der Waals surface area (Å²) in [7, 11) is 0. The Bertz CT molecular complexity index is 739. The van der Waals surface area contributed by atoms with Crippen molar-refractivity contribution in [3.05, 3.63) is 61.3 Å². The van der Waals surface area contributed by atoms with E-state index in [9.17, 15) is 4.79 Å². The highest BCUT2D eigenvalue weighted by molar-refractivity contribution is 5.90. The molecule has 2 aromatic heterocycles. The van der Waals surface area contributed by atoms with Crippen LogP contribution in [0.4, 0.5) is 5.69 Å². The average molecular weight is 293 g/mol. The predicted octanol–water partition coefficient (Wildman–Crippen LogP) is 2.37. The van der Waals surface area contributed by atoms with E-state index in [1.807, 2.05) is 41.1 Å². The molecule has 6 nitrogen and oxygen atoms in total. The number of nitrogens with zero attached hydrogens (tertiary/aromatic N) is 4. The number of amides is 1. The summed E-state index contributed by atoms with van der Waals surface area (Å²) in [6.45, 7) is 0.532. The maximum atomic E-state index is 12.0. The van der Waals surface area contributed by atoms with Crippen LogP contribution in [0, 0.1) is 0 Å². The lowest BCUT2D eigenvalue weighted by molar-refractivity contribution is -0.116. The van der Waals surface area contributed by atoms with Gasteiger partial charge in [0.2, 0.25) is 5.91 Å². The molecule has 0 aliphatic rings. The van der Waals surface area contributed by atoms with Crippen molar-refractivity contribution in [1.82, 2.24) is 19.5 Å². The topological polar surface area (TPSA) is 72.7 Å². The molecule has 0 bridgehead atoms. The van der Waals surface area contributed by atoms with Gasteiger partial charge in [0.1, 0.15) is 5.69 Å². The minimum absolute atomic E-state index is 0.0370. The van der Waals surface area contributed by atoms with Crippen LogP contribution in [0.3, 0.4) is 0 Å². The minimum atomic E-state index is -0.0370. The van der Waals surface area contributed by atoms with Crippen LogP contribution < -0.4 is 5.32 Å². The SMILES string of the molecule is O=C(CCn1ccnc1-c1cnccn1)Nc1ccccc1. The van der Waals surface area contributed by atoms with Gasteiger partial charge >= 0.3 is 0 Å². The highest BCUT2D eigenvalue weighted by Crippen LogP contribution is 2.13. The normalized spacial score (nSPS) is 10.4. The van der Waals surface area contributed by atoms with Crippen molar-refractivity contribution in [2.24, 2.45) is 0 Å². The fourth-order valence-corrected chi connectivity index (χ4v) is 2.10. The van der Waals surface area contributed by atoms with Crippen LogP contribution in [0.1, 0.15) is 6.42 Å². The lowest BCUT2D eigenvalue weighted by Gasteiger charge is -2.08. The summed E-state index contributed by atoms with van der Waals surface area (Å²) in [6.07, 6.45) is 8.78. The molecule has 22 heavy (non-hydrogen) atoms. The van der Waals surface area contributed by atoms with Crippen LogP contribution >= 0.6 is 0 Å². The molecule has 0 radical (unpaired) electrons. The Morgan fingerprint density at radius 2 is 1.95 bits per heavy atom. The minimum Gasteiger partial charge on any atom is -0.329 e. The molecule has 0 spiro atoms. The Morgan fingerprint density at radius 1 is 1.09 bits per heavy atom. The molecule has 1 N–H and O–H groups in total. The monoisotopic (exact) mass is 293 g/mol. The average Bonchev–Trinajstić information content (AvgIpc) is 3.03. The number of hydrogen-bond donors (Lipinski definition) is 1. The van der Waals surface area contributed by atoms with Crippen LogP contribution in [0.5, 0.6) is 0 Å². The zero-order valence-corrected chi connectivity index (χ0v) is 11.9. The molecule has 0 unspecified atom stereocenters. The molecule has 0 saturated heterocycles. The molecular formula is C16H15N5O. The van der Waals surface area contributed by atoms with Crippen molar-refractivity contribution in [1.29, 1.82) is 0 Å². The Morgan fingerprint density at radius 3 is 2.73 bits per heavy atom. The van der Waals surface area contributed by atoms with E-state index >= 15 is 0 Å². The lowest BCUT2D eigenvalue weighted by atomic mass is 10.3. The summed E-state index contributed by atoms with van der Waals surface area (Å²) < 4.78 is 1.90. The molecule has 0 atom stereocenters. The summed E-state index contributed by atoms with van der Waals surface area (Å²) in [5.74, 6) is 0.672. The first kappa shape index (κ1) is 13.9. The van der Waals surface area contributed by atoms with E-state index in [0.29, 0.717) is 24.5 Å². The number of aryl methyl sites for hydroxylation is 1. The van der Waals surface area contributed by atoms with Gasteiger partial charge in [-0.3, -0.25) is 9.78 Å². The lowest BCUT2D eigenvalue weighted by Crippen LogP contribution is -2.14. The summed E-state index contributed by atoms with van der Waals surface area (Å²) in [5.41, 5.74) is 1.49. The van der Waals surface area contributed by atoms with Gasteiger partial charge in [0.15, 0.2) is 5.82 Å². The molecule has 6 heteroatoms. The van der Waals surface area contributed by atoms with Crippen molar-refractivity contribution in [3.8, 4) is 11.5 Å². The summed E-state index contributed by atoms with van der Waals surface area (Å²) in [6, 6.07) is 9.41. The van der Waals surface area contributed by atoms with Crippen LogP contribution in [-0.2, 0) is 11.3 Å². The van der Waals surface area contributed by atoms with Crippen LogP contribution in [0.25, 0.3) is 11.5 Å². The third kappa shape index (κ3) is 3.35. The number of hydrogen-bond acceptors (Lipinski definition) is 4. The molecule has 2 heterocycles. The van der Waals surface area contributed by atoms with Crippen LogP contribution in [0.2, 0.25) is 0 Å². The predicted molar refractivity (Wildman–Crippen MR) is 82.9 cm³/mol. The Hall–Kier alpha value is -3.02. The molecular weight excluding hydrogens is 278 g/mol. The highest BCUT2D eigenvalue weighted by Gasteiger charge is 2.09. The second kappa shape index (κ2) is 6.62. The first-order chi connectivity index (χ1) is 10.8. The molecule has 0 aliphatic carbocycles. The zero-order chi connectivity index (χ0) is 15.2. The molecule has 110 valence electrons. The summed E-state index contributed by atoms with van der Waals surface area (Å²) >= 11 is 0. The molecule has 0 fully saturated rings. The number of benzene rings is 1. The maximum absolute atomic E-state index is 12.0. The first-order valence-corrected chi connectivity index (χ1v) is 6.95. The second-order valence-corrected chi connectivity index (χ2v) is 4.70. The van der Waals surface area contributed by atoms with Crippen molar-refractivity contribution in [2.45, 2.75) is 13.0 Å². The largest absolute Gasteiger partial charge is 0.329 e. The van der Waals surface area contributed by atoms with Gasteiger partial charge < -0.3 is 9.88 Å². The Labute approximate surface area is 127 Å². The van der Waals surface area contributed by atoms with Gasteiger partial charge in [0.05, 0.1) is 6.20 Å².